The molecule has 1 aromatic carbocycles. The molecule has 0 saturated heterocycles. The van der Waals surface area contributed by atoms with Crippen molar-refractivity contribution >= 4 is 0 Å². The van der Waals surface area contributed by atoms with Crippen LogP contribution >= 0.6 is 0 Å². The summed E-state index contributed by atoms with van der Waals surface area (Å²) < 4.78 is 0. The van der Waals surface area contributed by atoms with Crippen LogP contribution in [0.15, 0.2) is 24.3 Å². The van der Waals surface area contributed by atoms with Crippen LogP contribution in [-0.2, 0) is 12.8 Å². The summed E-state index contributed by atoms with van der Waals surface area (Å²) in [5.41, 5.74) is 3.28. The normalized spacial score (nSPS) is 11.8. The van der Waals surface area contributed by atoms with E-state index in [1.807, 2.05) is 0 Å². The van der Waals surface area contributed by atoms with Gasteiger partial charge in [-0.3, -0.25) is 0 Å². The summed E-state index contributed by atoms with van der Waals surface area (Å²) in [7, 11) is 0. The third-order valence-electron chi connectivity index (χ3n) is 3.38. The molecule has 0 aromatic heterocycles. The highest BCUT2D eigenvalue weighted by Crippen LogP contribution is 2.22. The topological polar surface area (TPSA) is 12.0 Å². The minimum absolute atomic E-state index is 0.388. The van der Waals surface area contributed by atoms with Crippen LogP contribution in [0.3, 0.4) is 0 Å². The first-order valence-corrected chi connectivity index (χ1v) is 6.86. The van der Waals surface area contributed by atoms with Crippen LogP contribution in [0.4, 0.5) is 0 Å². The maximum absolute atomic E-state index is 3.44. The van der Waals surface area contributed by atoms with Crippen molar-refractivity contribution in [2.75, 3.05) is 13.1 Å². The number of benzene rings is 1. The average molecular weight is 233 g/mol. The third-order valence-corrected chi connectivity index (χ3v) is 3.38. The van der Waals surface area contributed by atoms with Crippen LogP contribution in [0.5, 0.6) is 0 Å². The standard InChI is InChI=1S/C16H27N/c1-5-14-7-9-15(10-8-14)11-12-16(3,4)13-17-6-2/h7-10,17H,5-6,11-13H2,1-4H3. The second kappa shape index (κ2) is 6.80. The summed E-state index contributed by atoms with van der Waals surface area (Å²) in [5.74, 6) is 0. The molecule has 0 bridgehead atoms. The highest BCUT2D eigenvalue weighted by molar-refractivity contribution is 5.22. The minimum Gasteiger partial charge on any atom is -0.316 e. The molecular weight excluding hydrogens is 206 g/mol. The SMILES string of the molecule is CCNCC(C)(C)CCc1ccc(CC)cc1. The van der Waals surface area contributed by atoms with Crippen LogP contribution < -0.4 is 5.32 Å². The maximum Gasteiger partial charge on any atom is 0.000251 e. The van der Waals surface area contributed by atoms with E-state index in [4.69, 9.17) is 0 Å². The van der Waals surface area contributed by atoms with Crippen molar-refractivity contribution in [2.24, 2.45) is 5.41 Å². The fourth-order valence-corrected chi connectivity index (χ4v) is 1.98. The molecule has 1 aromatic rings. The monoisotopic (exact) mass is 233 g/mol. The number of rotatable bonds is 7. The molecule has 17 heavy (non-hydrogen) atoms. The zero-order valence-electron chi connectivity index (χ0n) is 11.8. The number of aryl methyl sites for hydroxylation is 2. The lowest BCUT2D eigenvalue weighted by Crippen LogP contribution is -2.29. The second-order valence-corrected chi connectivity index (χ2v) is 5.61. The van der Waals surface area contributed by atoms with Crippen molar-refractivity contribution in [2.45, 2.75) is 47.0 Å². The van der Waals surface area contributed by atoms with Gasteiger partial charge in [0.2, 0.25) is 0 Å². The molecule has 0 amide bonds. The average Bonchev–Trinajstić information content (AvgIpc) is 2.35. The van der Waals surface area contributed by atoms with Gasteiger partial charge in [-0.15, -0.1) is 0 Å². The van der Waals surface area contributed by atoms with E-state index in [0.717, 1.165) is 19.5 Å². The zero-order chi connectivity index (χ0) is 12.7. The van der Waals surface area contributed by atoms with E-state index in [-0.39, 0.29) is 0 Å². The highest BCUT2D eigenvalue weighted by Gasteiger charge is 2.16. The van der Waals surface area contributed by atoms with Gasteiger partial charge in [-0.1, -0.05) is 52.0 Å². The first kappa shape index (κ1) is 14.2. The Kier molecular flexibility index (Phi) is 5.70. The molecule has 1 N–H and O–H groups in total. The van der Waals surface area contributed by atoms with Crippen LogP contribution in [0.2, 0.25) is 0 Å². The predicted octanol–water partition coefficient (Wildman–Crippen LogP) is 3.82. The van der Waals surface area contributed by atoms with Gasteiger partial charge in [-0.25, -0.2) is 0 Å². The van der Waals surface area contributed by atoms with Crippen molar-refractivity contribution in [3.63, 3.8) is 0 Å². The molecule has 0 atom stereocenters. The molecule has 0 unspecified atom stereocenters. The van der Waals surface area contributed by atoms with E-state index >= 15 is 0 Å². The molecule has 1 rings (SSSR count). The van der Waals surface area contributed by atoms with E-state index in [9.17, 15) is 0 Å². The Balaban J connectivity index is 2.43. The molecule has 0 fully saturated rings. The maximum atomic E-state index is 3.44. The number of hydrogen-bond acceptors (Lipinski definition) is 1. The first-order chi connectivity index (χ1) is 8.07. The van der Waals surface area contributed by atoms with E-state index in [0.29, 0.717) is 5.41 Å². The second-order valence-electron chi connectivity index (χ2n) is 5.61. The Morgan fingerprint density at radius 1 is 1.00 bits per heavy atom. The molecular formula is C16H27N. The van der Waals surface area contributed by atoms with Crippen molar-refractivity contribution < 1.29 is 0 Å². The highest BCUT2D eigenvalue weighted by atomic mass is 14.9. The van der Waals surface area contributed by atoms with E-state index in [1.54, 1.807) is 0 Å². The molecule has 1 heteroatoms. The molecule has 0 radical (unpaired) electrons. The van der Waals surface area contributed by atoms with Gasteiger partial charge in [0, 0.05) is 6.54 Å². The minimum atomic E-state index is 0.388. The fraction of sp³-hybridized carbons (Fsp3) is 0.625. The van der Waals surface area contributed by atoms with Gasteiger partial charge < -0.3 is 5.32 Å². The van der Waals surface area contributed by atoms with Crippen molar-refractivity contribution in [3.05, 3.63) is 35.4 Å². The van der Waals surface area contributed by atoms with Gasteiger partial charge in [0.25, 0.3) is 0 Å². The predicted molar refractivity (Wildman–Crippen MR) is 76.5 cm³/mol. The van der Waals surface area contributed by atoms with Gasteiger partial charge in [0.1, 0.15) is 0 Å². The largest absolute Gasteiger partial charge is 0.316 e. The summed E-state index contributed by atoms with van der Waals surface area (Å²) in [5, 5.41) is 3.44. The van der Waals surface area contributed by atoms with Crippen LogP contribution in [0, 0.1) is 5.41 Å². The lowest BCUT2D eigenvalue weighted by molar-refractivity contribution is 0.318. The summed E-state index contributed by atoms with van der Waals surface area (Å²) in [6.45, 7) is 11.2. The lowest BCUT2D eigenvalue weighted by atomic mass is 9.86. The lowest BCUT2D eigenvalue weighted by Gasteiger charge is -2.24. The molecule has 0 heterocycles. The summed E-state index contributed by atoms with van der Waals surface area (Å²) in [6, 6.07) is 9.07. The van der Waals surface area contributed by atoms with Gasteiger partial charge in [0.15, 0.2) is 0 Å². The molecule has 0 aliphatic rings. The van der Waals surface area contributed by atoms with Gasteiger partial charge >= 0.3 is 0 Å². The summed E-state index contributed by atoms with van der Waals surface area (Å²) in [6.07, 6.45) is 3.56. The molecule has 0 saturated carbocycles. The first-order valence-electron chi connectivity index (χ1n) is 6.86. The number of nitrogens with one attached hydrogen (secondary N) is 1. The zero-order valence-corrected chi connectivity index (χ0v) is 11.8. The van der Waals surface area contributed by atoms with Gasteiger partial charge in [-0.05, 0) is 42.3 Å². The quantitative estimate of drug-likeness (QED) is 0.755. The smallest absolute Gasteiger partial charge is 0.000251 e. The van der Waals surface area contributed by atoms with Crippen molar-refractivity contribution in [1.29, 1.82) is 0 Å². The molecule has 96 valence electrons. The Hall–Kier alpha value is -0.820. The number of hydrogen-bond donors (Lipinski definition) is 1. The van der Waals surface area contributed by atoms with E-state index in [1.165, 1.54) is 24.0 Å². The van der Waals surface area contributed by atoms with Crippen LogP contribution in [0.1, 0.15) is 45.2 Å². The van der Waals surface area contributed by atoms with Crippen molar-refractivity contribution in [1.82, 2.24) is 5.32 Å². The molecule has 0 aliphatic carbocycles. The molecule has 0 aliphatic heterocycles. The fourth-order valence-electron chi connectivity index (χ4n) is 1.98. The van der Waals surface area contributed by atoms with Gasteiger partial charge in [-0.2, -0.15) is 0 Å². The third kappa shape index (κ3) is 5.36. The summed E-state index contributed by atoms with van der Waals surface area (Å²) >= 11 is 0. The van der Waals surface area contributed by atoms with Crippen LogP contribution in [0.25, 0.3) is 0 Å². The Labute approximate surface area is 107 Å². The van der Waals surface area contributed by atoms with Crippen molar-refractivity contribution in [3.8, 4) is 0 Å². The Morgan fingerprint density at radius 3 is 2.12 bits per heavy atom. The summed E-state index contributed by atoms with van der Waals surface area (Å²) in [4.78, 5) is 0. The molecule has 1 nitrogen and oxygen atoms in total. The molecule has 0 spiro atoms. The Morgan fingerprint density at radius 2 is 1.59 bits per heavy atom. The Bertz CT molecular complexity index is 311. The van der Waals surface area contributed by atoms with Crippen LogP contribution in [-0.4, -0.2) is 13.1 Å². The van der Waals surface area contributed by atoms with E-state index in [2.05, 4.69) is 57.3 Å². The van der Waals surface area contributed by atoms with E-state index < -0.39 is 0 Å². The van der Waals surface area contributed by atoms with Gasteiger partial charge in [0.05, 0.1) is 0 Å².